The summed E-state index contributed by atoms with van der Waals surface area (Å²) in [6.45, 7) is 0. The molecule has 1 heterocycles. The lowest BCUT2D eigenvalue weighted by Gasteiger charge is -2.25. The Morgan fingerprint density at radius 1 is 0.889 bits per heavy atom. The van der Waals surface area contributed by atoms with Gasteiger partial charge in [0.1, 0.15) is 0 Å². The first-order valence-corrected chi connectivity index (χ1v) is 10.1. The van der Waals surface area contributed by atoms with Crippen LogP contribution in [0.2, 0.25) is 0 Å². The van der Waals surface area contributed by atoms with Crippen molar-refractivity contribution in [3.63, 3.8) is 0 Å². The van der Waals surface area contributed by atoms with Gasteiger partial charge in [-0.2, -0.15) is 5.10 Å². The van der Waals surface area contributed by atoms with Gasteiger partial charge >= 0.3 is 0 Å². The molecule has 1 aliphatic heterocycles. The Bertz CT molecular complexity index is 956. The minimum Gasteiger partial charge on any atom is -0.331 e. The van der Waals surface area contributed by atoms with E-state index < -0.39 is 0 Å². The normalized spacial score (nSPS) is 17.2. The molecule has 0 spiro atoms. The van der Waals surface area contributed by atoms with Gasteiger partial charge in [-0.15, -0.1) is 11.8 Å². The second kappa shape index (κ2) is 8.37. The third kappa shape index (κ3) is 4.38. The van der Waals surface area contributed by atoms with Crippen LogP contribution in [0, 0.1) is 0 Å². The molecule has 0 aromatic heterocycles. The molecule has 27 heavy (non-hydrogen) atoms. The summed E-state index contributed by atoms with van der Waals surface area (Å²) in [4.78, 5) is 1.25. The zero-order chi connectivity index (χ0) is 18.5. The molecule has 0 bridgehead atoms. The van der Waals surface area contributed by atoms with Crippen molar-refractivity contribution in [1.29, 1.82) is 0 Å². The summed E-state index contributed by atoms with van der Waals surface area (Å²) < 4.78 is 0. The Kier molecular flexibility index (Phi) is 5.51. The Labute approximate surface area is 168 Å². The molecule has 4 rings (SSSR count). The van der Waals surface area contributed by atoms with E-state index in [0.717, 1.165) is 17.8 Å². The fraction of sp³-hybridized carbons (Fsp3) is 0.0909. The van der Waals surface area contributed by atoms with Gasteiger partial charge in [0.15, 0.2) is 5.11 Å². The summed E-state index contributed by atoms with van der Waals surface area (Å²) >= 11 is 7.29. The van der Waals surface area contributed by atoms with Gasteiger partial charge in [0.25, 0.3) is 0 Å². The van der Waals surface area contributed by atoms with E-state index in [-0.39, 0.29) is 0 Å². The minimum absolute atomic E-state index is 0.345. The summed E-state index contributed by atoms with van der Waals surface area (Å²) in [7, 11) is 0. The van der Waals surface area contributed by atoms with Crippen molar-refractivity contribution in [1.82, 2.24) is 5.43 Å². The molecule has 134 valence electrons. The molecule has 0 aliphatic carbocycles. The number of hydrogen-bond donors (Lipinski definition) is 2. The predicted octanol–water partition coefficient (Wildman–Crippen LogP) is 5.61. The monoisotopic (exact) mass is 389 g/mol. The van der Waals surface area contributed by atoms with Gasteiger partial charge in [0.05, 0.1) is 5.71 Å². The van der Waals surface area contributed by atoms with E-state index in [1.807, 2.05) is 42.1 Å². The van der Waals surface area contributed by atoms with Gasteiger partial charge in [-0.1, -0.05) is 66.7 Å². The molecule has 2 N–H and O–H groups in total. The highest BCUT2D eigenvalue weighted by Crippen LogP contribution is 2.44. The van der Waals surface area contributed by atoms with E-state index >= 15 is 0 Å². The number of hydrazone groups is 1. The van der Waals surface area contributed by atoms with Crippen LogP contribution in [-0.2, 0) is 0 Å². The number of nitrogens with zero attached hydrogens (tertiary/aromatic N) is 1. The second-order valence-corrected chi connectivity index (χ2v) is 7.86. The van der Waals surface area contributed by atoms with Crippen LogP contribution in [-0.4, -0.2) is 10.8 Å². The highest BCUT2D eigenvalue weighted by atomic mass is 32.2. The van der Waals surface area contributed by atoms with Gasteiger partial charge < -0.3 is 5.32 Å². The molecule has 0 unspecified atom stereocenters. The SMILES string of the molecule is S=C(N/N=C1/C[C@H](c2ccccc2)Sc2ccccc21)Nc1ccccc1. The van der Waals surface area contributed by atoms with Crippen LogP contribution in [0.4, 0.5) is 5.69 Å². The number of nitrogens with one attached hydrogen (secondary N) is 2. The smallest absolute Gasteiger partial charge is 0.191 e. The largest absolute Gasteiger partial charge is 0.331 e. The van der Waals surface area contributed by atoms with Gasteiger partial charge in [-0.3, -0.25) is 5.43 Å². The zero-order valence-electron chi connectivity index (χ0n) is 14.6. The van der Waals surface area contributed by atoms with Crippen molar-refractivity contribution in [2.24, 2.45) is 5.10 Å². The van der Waals surface area contributed by atoms with Crippen LogP contribution in [0.15, 0.2) is 94.9 Å². The topological polar surface area (TPSA) is 36.4 Å². The van der Waals surface area contributed by atoms with Crippen LogP contribution in [0.1, 0.15) is 22.8 Å². The minimum atomic E-state index is 0.345. The molecule has 3 nitrogen and oxygen atoms in total. The first-order chi connectivity index (χ1) is 13.3. The van der Waals surface area contributed by atoms with Gasteiger partial charge in [0, 0.05) is 27.8 Å². The van der Waals surface area contributed by atoms with E-state index in [9.17, 15) is 0 Å². The number of rotatable bonds is 3. The van der Waals surface area contributed by atoms with E-state index in [1.54, 1.807) is 0 Å². The van der Waals surface area contributed by atoms with Crippen molar-refractivity contribution in [3.8, 4) is 0 Å². The first kappa shape index (κ1) is 17.8. The number of fused-ring (bicyclic) bond motifs is 1. The van der Waals surface area contributed by atoms with Gasteiger partial charge in [-0.05, 0) is 36.0 Å². The van der Waals surface area contributed by atoms with Crippen molar-refractivity contribution in [2.45, 2.75) is 16.6 Å². The van der Waals surface area contributed by atoms with E-state index in [2.05, 4.69) is 70.4 Å². The molecule has 1 aliphatic rings. The predicted molar refractivity (Wildman–Crippen MR) is 118 cm³/mol. The fourth-order valence-electron chi connectivity index (χ4n) is 3.05. The third-order valence-corrected chi connectivity index (χ3v) is 5.87. The molecule has 0 radical (unpaired) electrons. The van der Waals surface area contributed by atoms with Crippen LogP contribution < -0.4 is 10.7 Å². The van der Waals surface area contributed by atoms with Crippen LogP contribution >= 0.6 is 24.0 Å². The Balaban J connectivity index is 1.54. The van der Waals surface area contributed by atoms with E-state index in [4.69, 9.17) is 12.2 Å². The molecular formula is C22H19N3S2. The van der Waals surface area contributed by atoms with E-state index in [0.29, 0.717) is 10.4 Å². The molecule has 5 heteroatoms. The zero-order valence-corrected chi connectivity index (χ0v) is 16.3. The van der Waals surface area contributed by atoms with Crippen LogP contribution in [0.5, 0.6) is 0 Å². The number of anilines is 1. The lowest BCUT2D eigenvalue weighted by molar-refractivity contribution is 0.944. The highest BCUT2D eigenvalue weighted by molar-refractivity contribution is 7.99. The quantitative estimate of drug-likeness (QED) is 0.451. The molecule has 1 atom stereocenters. The molecular weight excluding hydrogens is 370 g/mol. The number of thiocarbonyl (C=S) groups is 1. The maximum atomic E-state index is 5.39. The number of para-hydroxylation sites is 1. The fourth-order valence-corrected chi connectivity index (χ4v) is 4.52. The Morgan fingerprint density at radius 2 is 1.56 bits per heavy atom. The summed E-state index contributed by atoms with van der Waals surface area (Å²) in [5.41, 5.74) is 7.46. The lowest BCUT2D eigenvalue weighted by atomic mass is 10.0. The number of benzene rings is 3. The van der Waals surface area contributed by atoms with Crippen molar-refractivity contribution in [3.05, 3.63) is 96.1 Å². The highest BCUT2D eigenvalue weighted by Gasteiger charge is 2.25. The first-order valence-electron chi connectivity index (χ1n) is 8.79. The van der Waals surface area contributed by atoms with Crippen molar-refractivity contribution in [2.75, 3.05) is 5.32 Å². The second-order valence-electron chi connectivity index (χ2n) is 6.21. The molecule has 3 aromatic carbocycles. The van der Waals surface area contributed by atoms with Gasteiger partial charge in [0.2, 0.25) is 0 Å². The van der Waals surface area contributed by atoms with Crippen LogP contribution in [0.25, 0.3) is 0 Å². The average molecular weight is 390 g/mol. The lowest BCUT2D eigenvalue weighted by Crippen LogP contribution is -2.26. The summed E-state index contributed by atoms with van der Waals surface area (Å²) in [6.07, 6.45) is 0.854. The Hall–Kier alpha value is -2.63. The maximum Gasteiger partial charge on any atom is 0.191 e. The summed E-state index contributed by atoms with van der Waals surface area (Å²) in [5, 5.41) is 8.63. The molecule has 0 saturated heterocycles. The third-order valence-electron chi connectivity index (χ3n) is 4.34. The summed E-state index contributed by atoms with van der Waals surface area (Å²) in [5.74, 6) is 0. The standard InChI is InChI=1S/C22H19N3S2/c26-22(23-17-11-5-2-6-12-17)25-24-19-15-21(16-9-3-1-4-10-16)27-20-14-8-7-13-18(19)20/h1-14,21H,15H2,(H2,23,25,26)/b24-19-/t21-/m1/s1. The number of thioether (sulfide) groups is 1. The maximum absolute atomic E-state index is 5.39. The van der Waals surface area contributed by atoms with Crippen LogP contribution in [0.3, 0.4) is 0 Å². The average Bonchev–Trinajstić information content (AvgIpc) is 2.73. The van der Waals surface area contributed by atoms with Crippen molar-refractivity contribution < 1.29 is 0 Å². The Morgan fingerprint density at radius 3 is 2.33 bits per heavy atom. The molecule has 0 amide bonds. The van der Waals surface area contributed by atoms with Crippen molar-refractivity contribution >= 4 is 40.5 Å². The van der Waals surface area contributed by atoms with E-state index in [1.165, 1.54) is 16.0 Å². The summed E-state index contributed by atoms with van der Waals surface area (Å²) in [6, 6.07) is 28.8. The molecule has 0 saturated carbocycles. The molecule has 0 fully saturated rings. The molecule has 3 aromatic rings. The van der Waals surface area contributed by atoms with Gasteiger partial charge in [-0.25, -0.2) is 0 Å². The number of hydrogen-bond acceptors (Lipinski definition) is 3.